The molecule has 0 radical (unpaired) electrons. The third-order valence-electron chi connectivity index (χ3n) is 3.00. The summed E-state index contributed by atoms with van der Waals surface area (Å²) in [6.45, 7) is 2.16. The van der Waals surface area contributed by atoms with Crippen LogP contribution in [0.15, 0.2) is 30.3 Å². The largest absolute Gasteiger partial charge is 0.396 e. The Labute approximate surface area is 98.5 Å². The lowest BCUT2D eigenvalue weighted by atomic mass is 10.1. The molecule has 0 saturated heterocycles. The Morgan fingerprint density at radius 3 is 2.88 bits per heavy atom. The molecule has 4 heteroatoms. The minimum Gasteiger partial charge on any atom is -0.396 e. The van der Waals surface area contributed by atoms with Crippen LogP contribution in [0.5, 0.6) is 0 Å². The Morgan fingerprint density at radius 1 is 1.18 bits per heavy atom. The fourth-order valence-electron chi connectivity index (χ4n) is 2.23. The molecule has 0 unspecified atom stereocenters. The van der Waals surface area contributed by atoms with E-state index in [0.29, 0.717) is 6.42 Å². The van der Waals surface area contributed by atoms with Gasteiger partial charge in [-0.25, -0.2) is 0 Å². The third kappa shape index (κ3) is 1.49. The second-order valence-electron chi connectivity index (χ2n) is 4.13. The number of hydrogen-bond acceptors (Lipinski definition) is 3. The number of hydrogen-bond donors (Lipinski definition) is 1. The molecule has 3 rings (SSSR count). The number of aliphatic hydroxyl groups is 1. The topological polar surface area (TPSA) is 50.4 Å². The van der Waals surface area contributed by atoms with Crippen molar-refractivity contribution < 1.29 is 5.11 Å². The number of pyridine rings is 1. The molecule has 86 valence electrons. The minimum absolute atomic E-state index is 0.0864. The molecule has 2 aromatic heterocycles. The van der Waals surface area contributed by atoms with Crippen LogP contribution >= 0.6 is 0 Å². The standard InChI is InChI=1S/C13H13N3O/c1-9-3-2-4-10-5-6-11-14-15-12(7-8-17)16(11)13(9)10/h2-6,17H,7-8H2,1H3. The van der Waals surface area contributed by atoms with Crippen molar-refractivity contribution in [3.63, 3.8) is 0 Å². The summed E-state index contributed by atoms with van der Waals surface area (Å²) < 4.78 is 2.03. The molecule has 3 aromatic rings. The van der Waals surface area contributed by atoms with Gasteiger partial charge >= 0.3 is 0 Å². The Hall–Kier alpha value is -1.94. The molecule has 17 heavy (non-hydrogen) atoms. The predicted molar refractivity (Wildman–Crippen MR) is 66.0 cm³/mol. The molecular weight excluding hydrogens is 214 g/mol. The summed E-state index contributed by atoms with van der Waals surface area (Å²) >= 11 is 0. The smallest absolute Gasteiger partial charge is 0.161 e. The van der Waals surface area contributed by atoms with Gasteiger partial charge in [0.15, 0.2) is 5.65 Å². The van der Waals surface area contributed by atoms with Crippen molar-refractivity contribution in [1.29, 1.82) is 0 Å². The number of benzene rings is 1. The Kier molecular flexibility index (Phi) is 2.30. The molecule has 1 aromatic carbocycles. The van der Waals surface area contributed by atoms with Crippen LogP contribution in [0, 0.1) is 6.92 Å². The van der Waals surface area contributed by atoms with Crippen LogP contribution in [-0.2, 0) is 6.42 Å². The van der Waals surface area contributed by atoms with Crippen LogP contribution in [0.25, 0.3) is 16.6 Å². The minimum atomic E-state index is 0.0864. The van der Waals surface area contributed by atoms with Gasteiger partial charge in [0.25, 0.3) is 0 Å². The summed E-state index contributed by atoms with van der Waals surface area (Å²) in [5.74, 6) is 0.808. The zero-order valence-corrected chi connectivity index (χ0v) is 9.59. The Balaban J connectivity index is 2.47. The first-order valence-corrected chi connectivity index (χ1v) is 5.64. The SMILES string of the molecule is Cc1cccc2ccc3nnc(CCO)n3c12. The highest BCUT2D eigenvalue weighted by Crippen LogP contribution is 2.21. The maximum Gasteiger partial charge on any atom is 0.161 e. The highest BCUT2D eigenvalue weighted by atomic mass is 16.3. The van der Waals surface area contributed by atoms with Gasteiger partial charge in [-0.15, -0.1) is 10.2 Å². The van der Waals surface area contributed by atoms with Crippen LogP contribution < -0.4 is 0 Å². The summed E-state index contributed by atoms with van der Waals surface area (Å²) in [6.07, 6.45) is 0.522. The average molecular weight is 227 g/mol. The number of aromatic nitrogens is 3. The van der Waals surface area contributed by atoms with E-state index in [4.69, 9.17) is 5.11 Å². The van der Waals surface area contributed by atoms with Crippen molar-refractivity contribution in [3.8, 4) is 0 Å². The van der Waals surface area contributed by atoms with E-state index in [-0.39, 0.29) is 6.61 Å². The molecule has 2 heterocycles. The first-order valence-electron chi connectivity index (χ1n) is 5.64. The second kappa shape index (κ2) is 3.82. The van der Waals surface area contributed by atoms with Crippen molar-refractivity contribution in [2.75, 3.05) is 6.61 Å². The van der Waals surface area contributed by atoms with E-state index in [1.54, 1.807) is 0 Å². The maximum absolute atomic E-state index is 9.06. The first-order chi connectivity index (χ1) is 8.31. The van der Waals surface area contributed by atoms with Crippen molar-refractivity contribution >= 4 is 16.6 Å². The van der Waals surface area contributed by atoms with E-state index in [0.717, 1.165) is 22.4 Å². The highest BCUT2D eigenvalue weighted by molar-refractivity contribution is 5.84. The van der Waals surface area contributed by atoms with Gasteiger partial charge in [0.05, 0.1) is 12.1 Å². The average Bonchev–Trinajstić information content (AvgIpc) is 2.73. The molecule has 0 bridgehead atoms. The summed E-state index contributed by atoms with van der Waals surface area (Å²) in [4.78, 5) is 0. The molecule has 0 saturated carbocycles. The van der Waals surface area contributed by atoms with Crippen LogP contribution in [0.2, 0.25) is 0 Å². The van der Waals surface area contributed by atoms with E-state index in [1.165, 1.54) is 5.56 Å². The van der Waals surface area contributed by atoms with Crippen molar-refractivity contribution in [2.45, 2.75) is 13.3 Å². The first kappa shape index (κ1) is 10.2. The highest BCUT2D eigenvalue weighted by Gasteiger charge is 2.09. The fourth-order valence-corrected chi connectivity index (χ4v) is 2.23. The fraction of sp³-hybridized carbons (Fsp3) is 0.231. The quantitative estimate of drug-likeness (QED) is 0.725. The molecule has 0 atom stereocenters. The van der Waals surface area contributed by atoms with Crippen molar-refractivity contribution in [2.24, 2.45) is 0 Å². The summed E-state index contributed by atoms with van der Waals surface area (Å²) in [5, 5.41) is 18.5. The molecule has 0 aliphatic rings. The lowest BCUT2D eigenvalue weighted by Crippen LogP contribution is -2.00. The number of aryl methyl sites for hydroxylation is 1. The van der Waals surface area contributed by atoms with Crippen molar-refractivity contribution in [3.05, 3.63) is 41.7 Å². The predicted octanol–water partition coefficient (Wildman–Crippen LogP) is 1.73. The van der Waals surface area contributed by atoms with E-state index in [2.05, 4.69) is 35.3 Å². The summed E-state index contributed by atoms with van der Waals surface area (Å²) in [6, 6.07) is 10.2. The number of aliphatic hydroxyl groups excluding tert-OH is 1. The zero-order valence-electron chi connectivity index (χ0n) is 9.59. The molecular formula is C13H13N3O. The van der Waals surface area contributed by atoms with Gasteiger partial charge in [0.2, 0.25) is 0 Å². The Bertz CT molecular complexity index is 688. The van der Waals surface area contributed by atoms with Gasteiger partial charge in [0, 0.05) is 6.42 Å². The van der Waals surface area contributed by atoms with E-state index >= 15 is 0 Å². The van der Waals surface area contributed by atoms with Crippen LogP contribution in [0.4, 0.5) is 0 Å². The van der Waals surface area contributed by atoms with E-state index in [1.807, 2.05) is 16.5 Å². The molecule has 0 aliphatic heterocycles. The Morgan fingerprint density at radius 2 is 2.06 bits per heavy atom. The number of nitrogens with zero attached hydrogens (tertiary/aromatic N) is 3. The maximum atomic E-state index is 9.06. The summed E-state index contributed by atoms with van der Waals surface area (Å²) in [7, 11) is 0. The molecule has 0 spiro atoms. The van der Waals surface area contributed by atoms with Crippen LogP contribution in [0.3, 0.4) is 0 Å². The van der Waals surface area contributed by atoms with Gasteiger partial charge in [0.1, 0.15) is 5.82 Å². The van der Waals surface area contributed by atoms with Gasteiger partial charge in [-0.1, -0.05) is 18.2 Å². The molecule has 0 fully saturated rings. The summed E-state index contributed by atoms with van der Waals surface area (Å²) in [5.41, 5.74) is 3.14. The monoisotopic (exact) mass is 227 g/mol. The van der Waals surface area contributed by atoms with Gasteiger partial charge in [-0.2, -0.15) is 0 Å². The lowest BCUT2D eigenvalue weighted by molar-refractivity contribution is 0.296. The van der Waals surface area contributed by atoms with Crippen molar-refractivity contribution in [1.82, 2.24) is 14.6 Å². The zero-order chi connectivity index (χ0) is 11.8. The van der Waals surface area contributed by atoms with Crippen LogP contribution in [0.1, 0.15) is 11.4 Å². The molecule has 0 amide bonds. The van der Waals surface area contributed by atoms with Gasteiger partial charge in [-0.05, 0) is 30.0 Å². The van der Waals surface area contributed by atoms with Crippen LogP contribution in [-0.4, -0.2) is 26.3 Å². The third-order valence-corrected chi connectivity index (χ3v) is 3.00. The second-order valence-corrected chi connectivity index (χ2v) is 4.13. The van der Waals surface area contributed by atoms with E-state index in [9.17, 15) is 0 Å². The lowest BCUT2D eigenvalue weighted by Gasteiger charge is -2.06. The van der Waals surface area contributed by atoms with E-state index < -0.39 is 0 Å². The normalized spacial score (nSPS) is 11.4. The molecule has 1 N–H and O–H groups in total. The molecule has 4 nitrogen and oxygen atoms in total. The van der Waals surface area contributed by atoms with Gasteiger partial charge < -0.3 is 5.11 Å². The number of fused-ring (bicyclic) bond motifs is 3. The van der Waals surface area contributed by atoms with Gasteiger partial charge in [-0.3, -0.25) is 4.40 Å². The number of rotatable bonds is 2. The number of para-hydroxylation sites is 1. The molecule has 0 aliphatic carbocycles.